The molecule has 0 saturated heterocycles. The van der Waals surface area contributed by atoms with Gasteiger partial charge in [-0.1, -0.05) is 11.8 Å². The highest BCUT2D eigenvalue weighted by atomic mass is 35.5. The van der Waals surface area contributed by atoms with Gasteiger partial charge in [-0.25, -0.2) is 0 Å². The maximum absolute atomic E-state index is 9.12. The van der Waals surface area contributed by atoms with Crippen molar-refractivity contribution >= 4 is 29.3 Å². The molecule has 84 valence electrons. The van der Waals surface area contributed by atoms with Crippen LogP contribution in [0.25, 0.3) is 0 Å². The molecule has 1 rings (SSSR count). The fourth-order valence-electron chi connectivity index (χ4n) is 0.732. The third kappa shape index (κ3) is 4.17. The normalized spacial score (nSPS) is 12.5. The first-order valence-corrected chi connectivity index (χ1v) is 5.53. The van der Waals surface area contributed by atoms with Crippen molar-refractivity contribution in [1.29, 1.82) is 0 Å². The first-order chi connectivity index (χ1) is 7.15. The van der Waals surface area contributed by atoms with Crippen LogP contribution in [-0.4, -0.2) is 50.7 Å². The number of hydrogen-bond acceptors (Lipinski definition) is 7. The standard InChI is InChI=1S/C7H11ClN4O2S/c1-9-6-10-5(8)11-7(12-6)15-3-4(14)2-13/h4,13-14H,2-3H2,1H3,(H,9,10,11,12). The van der Waals surface area contributed by atoms with Gasteiger partial charge in [-0.05, 0) is 11.6 Å². The van der Waals surface area contributed by atoms with E-state index in [2.05, 4.69) is 20.3 Å². The minimum atomic E-state index is -0.788. The third-order valence-corrected chi connectivity index (χ3v) is 2.59. The minimum Gasteiger partial charge on any atom is -0.394 e. The summed E-state index contributed by atoms with van der Waals surface area (Å²) in [6.45, 7) is -0.287. The van der Waals surface area contributed by atoms with Gasteiger partial charge in [0.25, 0.3) is 0 Å². The van der Waals surface area contributed by atoms with Crippen LogP contribution in [0.2, 0.25) is 5.28 Å². The summed E-state index contributed by atoms with van der Waals surface area (Å²) < 4.78 is 0. The SMILES string of the molecule is CNc1nc(Cl)nc(SCC(O)CO)n1. The Morgan fingerprint density at radius 3 is 2.80 bits per heavy atom. The Bertz CT molecular complexity index is 328. The summed E-state index contributed by atoms with van der Waals surface area (Å²) in [4.78, 5) is 11.7. The van der Waals surface area contributed by atoms with Gasteiger partial charge in [0.2, 0.25) is 11.2 Å². The van der Waals surface area contributed by atoms with Gasteiger partial charge in [0.1, 0.15) is 0 Å². The van der Waals surface area contributed by atoms with Crippen LogP contribution < -0.4 is 5.32 Å². The summed E-state index contributed by atoms with van der Waals surface area (Å²) in [6, 6.07) is 0. The van der Waals surface area contributed by atoms with Gasteiger partial charge < -0.3 is 15.5 Å². The van der Waals surface area contributed by atoms with Crippen molar-refractivity contribution in [3.05, 3.63) is 5.28 Å². The van der Waals surface area contributed by atoms with Crippen LogP contribution >= 0.6 is 23.4 Å². The van der Waals surface area contributed by atoms with Gasteiger partial charge in [-0.2, -0.15) is 15.0 Å². The highest BCUT2D eigenvalue weighted by molar-refractivity contribution is 7.99. The summed E-state index contributed by atoms with van der Waals surface area (Å²) >= 11 is 6.85. The molecular weight excluding hydrogens is 240 g/mol. The lowest BCUT2D eigenvalue weighted by Gasteiger charge is -2.06. The van der Waals surface area contributed by atoms with E-state index in [9.17, 15) is 0 Å². The number of thioether (sulfide) groups is 1. The second-order valence-corrected chi connectivity index (χ2v) is 3.93. The molecule has 1 atom stereocenters. The molecular formula is C7H11ClN4O2S. The smallest absolute Gasteiger partial charge is 0.228 e. The number of hydrogen-bond donors (Lipinski definition) is 3. The van der Waals surface area contributed by atoms with Gasteiger partial charge in [0, 0.05) is 12.8 Å². The number of nitrogens with one attached hydrogen (secondary N) is 1. The molecule has 0 radical (unpaired) electrons. The van der Waals surface area contributed by atoms with Crippen LogP contribution in [0.1, 0.15) is 0 Å². The first-order valence-electron chi connectivity index (χ1n) is 4.16. The molecule has 0 saturated carbocycles. The number of nitrogens with zero attached hydrogens (tertiary/aromatic N) is 3. The largest absolute Gasteiger partial charge is 0.394 e. The van der Waals surface area contributed by atoms with Crippen molar-refractivity contribution in [2.45, 2.75) is 11.3 Å². The highest BCUT2D eigenvalue weighted by Crippen LogP contribution is 2.17. The topological polar surface area (TPSA) is 91.2 Å². The first kappa shape index (κ1) is 12.4. The molecule has 0 aromatic carbocycles. The van der Waals surface area contributed by atoms with Gasteiger partial charge in [0.15, 0.2) is 5.16 Å². The van der Waals surface area contributed by atoms with Crippen LogP contribution in [0, 0.1) is 0 Å². The van der Waals surface area contributed by atoms with E-state index >= 15 is 0 Å². The van der Waals surface area contributed by atoms with Crippen LogP contribution in [0.15, 0.2) is 5.16 Å². The lowest BCUT2D eigenvalue weighted by Crippen LogP contribution is -2.15. The molecule has 0 fully saturated rings. The highest BCUT2D eigenvalue weighted by Gasteiger charge is 2.07. The monoisotopic (exact) mass is 250 g/mol. The second kappa shape index (κ2) is 6.06. The van der Waals surface area contributed by atoms with Gasteiger partial charge >= 0.3 is 0 Å². The third-order valence-electron chi connectivity index (χ3n) is 1.43. The van der Waals surface area contributed by atoms with Crippen LogP contribution in [0.3, 0.4) is 0 Å². The summed E-state index contributed by atoms with van der Waals surface area (Å²) in [7, 11) is 1.67. The van der Waals surface area contributed by atoms with Crippen molar-refractivity contribution in [3.8, 4) is 0 Å². The number of anilines is 1. The van der Waals surface area contributed by atoms with E-state index in [1.54, 1.807) is 7.05 Å². The molecule has 8 heteroatoms. The molecule has 1 unspecified atom stereocenters. The van der Waals surface area contributed by atoms with E-state index in [4.69, 9.17) is 21.8 Å². The van der Waals surface area contributed by atoms with Crippen LogP contribution in [-0.2, 0) is 0 Å². The maximum atomic E-state index is 9.12. The molecule has 0 amide bonds. The number of halogens is 1. The number of aliphatic hydroxyl groups is 2. The lowest BCUT2D eigenvalue weighted by molar-refractivity contribution is 0.113. The predicted molar refractivity (Wildman–Crippen MR) is 58.2 cm³/mol. The molecule has 0 aliphatic carbocycles. The van der Waals surface area contributed by atoms with Gasteiger partial charge in [-0.3, -0.25) is 0 Å². The fourth-order valence-corrected chi connectivity index (χ4v) is 1.69. The van der Waals surface area contributed by atoms with E-state index in [1.807, 2.05) is 0 Å². The Kier molecular flexibility index (Phi) is 5.03. The van der Waals surface area contributed by atoms with Crippen molar-refractivity contribution in [1.82, 2.24) is 15.0 Å². The van der Waals surface area contributed by atoms with E-state index in [0.29, 0.717) is 16.9 Å². The second-order valence-electron chi connectivity index (χ2n) is 2.61. The average molecular weight is 251 g/mol. The van der Waals surface area contributed by atoms with E-state index in [-0.39, 0.29) is 11.9 Å². The summed E-state index contributed by atoms with van der Waals surface area (Å²) in [5, 5.41) is 21.0. The van der Waals surface area contributed by atoms with Crippen LogP contribution in [0.5, 0.6) is 0 Å². The van der Waals surface area contributed by atoms with Gasteiger partial charge in [0.05, 0.1) is 12.7 Å². The minimum absolute atomic E-state index is 0.0929. The zero-order valence-electron chi connectivity index (χ0n) is 8.01. The summed E-state index contributed by atoms with van der Waals surface area (Å²) in [5.41, 5.74) is 0. The van der Waals surface area contributed by atoms with Crippen molar-refractivity contribution in [3.63, 3.8) is 0 Å². The molecule has 0 aliphatic heterocycles. The molecule has 1 aromatic heterocycles. The molecule has 0 aliphatic rings. The predicted octanol–water partition coefficient (Wildman–Crippen LogP) is 0.0120. The van der Waals surface area contributed by atoms with Crippen molar-refractivity contribution in [2.24, 2.45) is 0 Å². The zero-order valence-corrected chi connectivity index (χ0v) is 9.59. The van der Waals surface area contributed by atoms with Crippen molar-refractivity contribution < 1.29 is 10.2 Å². The van der Waals surface area contributed by atoms with E-state index in [1.165, 1.54) is 11.8 Å². The quantitative estimate of drug-likeness (QED) is 0.634. The van der Waals surface area contributed by atoms with E-state index < -0.39 is 6.10 Å². The van der Waals surface area contributed by atoms with Gasteiger partial charge in [-0.15, -0.1) is 0 Å². The number of aromatic nitrogens is 3. The summed E-state index contributed by atoms with van der Waals surface area (Å²) in [5.74, 6) is 0.677. The zero-order chi connectivity index (χ0) is 11.3. The number of rotatable bonds is 5. The molecule has 6 nitrogen and oxygen atoms in total. The number of aliphatic hydroxyl groups excluding tert-OH is 2. The van der Waals surface area contributed by atoms with Crippen LogP contribution in [0.4, 0.5) is 5.95 Å². The summed E-state index contributed by atoms with van der Waals surface area (Å²) in [6.07, 6.45) is -0.788. The lowest BCUT2D eigenvalue weighted by atomic mass is 10.4. The Morgan fingerprint density at radius 2 is 2.20 bits per heavy atom. The average Bonchev–Trinajstić information content (AvgIpc) is 2.25. The van der Waals surface area contributed by atoms with Crippen molar-refractivity contribution in [2.75, 3.05) is 24.7 Å². The molecule has 1 heterocycles. The molecule has 15 heavy (non-hydrogen) atoms. The Hall–Kier alpha value is -0.630. The molecule has 0 spiro atoms. The molecule has 0 bridgehead atoms. The Morgan fingerprint density at radius 1 is 1.47 bits per heavy atom. The Balaban J connectivity index is 2.64. The maximum Gasteiger partial charge on any atom is 0.228 e. The van der Waals surface area contributed by atoms with E-state index in [0.717, 1.165) is 0 Å². The molecule has 1 aromatic rings. The molecule has 3 N–H and O–H groups in total. The Labute approximate surface area is 96.1 Å². The fraction of sp³-hybridized carbons (Fsp3) is 0.571.